The monoisotopic (exact) mass is 171 g/mol. The predicted molar refractivity (Wildman–Crippen MR) is 48.3 cm³/mol. The van der Waals surface area contributed by atoms with Crippen molar-refractivity contribution in [2.75, 3.05) is 5.75 Å². The number of hydrogen-bond acceptors (Lipinski definition) is 4. The van der Waals surface area contributed by atoms with Crippen LogP contribution in [0.3, 0.4) is 0 Å². The summed E-state index contributed by atoms with van der Waals surface area (Å²) in [6.07, 6.45) is 0. The first-order valence-electron chi connectivity index (χ1n) is 3.45. The fourth-order valence-electron chi connectivity index (χ4n) is 0.662. The van der Waals surface area contributed by atoms with Crippen LogP contribution in [0.2, 0.25) is 0 Å². The fraction of sp³-hybridized carbons (Fsp3) is 0.429. The molecule has 0 aliphatic carbocycles. The lowest BCUT2D eigenvalue weighted by molar-refractivity contribution is 0.398. The molecule has 11 heavy (non-hydrogen) atoms. The predicted octanol–water partition coefficient (Wildman–Crippen LogP) is 1.65. The lowest BCUT2D eigenvalue weighted by Gasteiger charge is -2.13. The molecule has 0 atom stereocenters. The first-order chi connectivity index (χ1) is 5.24. The largest absolute Gasteiger partial charge is 0.493 e. The molecular weight excluding hydrogens is 160 g/mol. The number of hydrogen-bond donors (Lipinski definition) is 2. The highest BCUT2D eigenvalue weighted by Crippen LogP contribution is 2.13. The van der Waals surface area contributed by atoms with E-state index in [1.54, 1.807) is 25.2 Å². The van der Waals surface area contributed by atoms with Gasteiger partial charge in [-0.25, -0.2) is 0 Å². The maximum absolute atomic E-state index is 9.18. The van der Waals surface area contributed by atoms with Crippen LogP contribution in [0.1, 0.15) is 13.8 Å². The van der Waals surface area contributed by atoms with Crippen molar-refractivity contribution in [1.82, 2.24) is 5.32 Å². The van der Waals surface area contributed by atoms with E-state index in [1.807, 2.05) is 6.92 Å². The second-order valence-electron chi connectivity index (χ2n) is 2.15. The van der Waals surface area contributed by atoms with E-state index in [1.165, 1.54) is 0 Å². The van der Waals surface area contributed by atoms with E-state index in [4.69, 9.17) is 0 Å². The molecule has 61 valence electrons. The minimum atomic E-state index is 0.111. The second kappa shape index (κ2) is 3.67. The highest BCUT2D eigenvalue weighted by molar-refractivity contribution is 8.13. The van der Waals surface area contributed by atoms with Gasteiger partial charge in [0.15, 0.2) is 5.17 Å². The van der Waals surface area contributed by atoms with E-state index < -0.39 is 0 Å². The standard InChI is InChI=1S/C7H11N2OS/c1-3-11-7-8-4-5(2)6(10)9-7/h4,10H,3H2,1-2H3,(H,8,9). The molecule has 4 heteroatoms. The van der Waals surface area contributed by atoms with E-state index in [0.29, 0.717) is 0 Å². The molecule has 1 heterocycles. The number of aliphatic hydroxyl groups is 1. The average molecular weight is 171 g/mol. The second-order valence-corrected chi connectivity index (χ2v) is 3.40. The lowest BCUT2D eigenvalue weighted by atomic mass is 10.3. The van der Waals surface area contributed by atoms with Crippen LogP contribution in [-0.4, -0.2) is 16.0 Å². The zero-order valence-corrected chi connectivity index (χ0v) is 7.40. The van der Waals surface area contributed by atoms with Gasteiger partial charge in [-0.1, -0.05) is 18.7 Å². The quantitative estimate of drug-likeness (QED) is 0.630. The van der Waals surface area contributed by atoms with Gasteiger partial charge in [0, 0.05) is 5.57 Å². The van der Waals surface area contributed by atoms with E-state index in [2.05, 4.69) is 10.3 Å². The van der Waals surface area contributed by atoms with E-state index >= 15 is 0 Å². The van der Waals surface area contributed by atoms with Crippen LogP contribution < -0.4 is 5.32 Å². The number of thioether (sulfide) groups is 1. The fourth-order valence-corrected chi connectivity index (χ4v) is 1.23. The van der Waals surface area contributed by atoms with Gasteiger partial charge in [0.1, 0.15) is 0 Å². The maximum atomic E-state index is 9.18. The Morgan fingerprint density at radius 3 is 3.00 bits per heavy atom. The molecule has 1 aliphatic rings. The van der Waals surface area contributed by atoms with Crippen molar-refractivity contribution in [2.45, 2.75) is 13.8 Å². The Hall–Kier alpha value is -0.640. The van der Waals surface area contributed by atoms with Gasteiger partial charge in [0.05, 0.1) is 6.54 Å². The first kappa shape index (κ1) is 8.46. The Morgan fingerprint density at radius 1 is 1.73 bits per heavy atom. The summed E-state index contributed by atoms with van der Waals surface area (Å²) in [4.78, 5) is 3.93. The zero-order valence-electron chi connectivity index (χ0n) is 6.59. The van der Waals surface area contributed by atoms with Crippen LogP contribution >= 0.6 is 11.8 Å². The third kappa shape index (κ3) is 2.15. The van der Waals surface area contributed by atoms with Gasteiger partial charge in [-0.15, -0.1) is 0 Å². The van der Waals surface area contributed by atoms with Crippen LogP contribution in [0.5, 0.6) is 0 Å². The Morgan fingerprint density at radius 2 is 2.45 bits per heavy atom. The summed E-state index contributed by atoms with van der Waals surface area (Å²) in [7, 11) is 0. The molecule has 0 bridgehead atoms. The van der Waals surface area contributed by atoms with Crippen LogP contribution in [0.25, 0.3) is 0 Å². The van der Waals surface area contributed by atoms with Crippen molar-refractivity contribution < 1.29 is 5.11 Å². The van der Waals surface area contributed by atoms with Gasteiger partial charge < -0.3 is 10.4 Å². The van der Waals surface area contributed by atoms with Crippen LogP contribution in [0, 0.1) is 6.54 Å². The molecule has 3 nitrogen and oxygen atoms in total. The van der Waals surface area contributed by atoms with Crippen molar-refractivity contribution in [1.29, 1.82) is 0 Å². The minimum Gasteiger partial charge on any atom is -0.493 e. The van der Waals surface area contributed by atoms with Gasteiger partial charge >= 0.3 is 0 Å². The van der Waals surface area contributed by atoms with Crippen LogP contribution in [0.4, 0.5) is 0 Å². The summed E-state index contributed by atoms with van der Waals surface area (Å²) >= 11 is 1.57. The number of rotatable bonds is 1. The maximum Gasteiger partial charge on any atom is 0.214 e. The first-order valence-corrected chi connectivity index (χ1v) is 4.43. The Bertz CT molecular complexity index is 206. The highest BCUT2D eigenvalue weighted by atomic mass is 32.2. The molecule has 1 radical (unpaired) electrons. The topological polar surface area (TPSA) is 44.6 Å². The summed E-state index contributed by atoms with van der Waals surface area (Å²) in [6.45, 7) is 5.59. The van der Waals surface area contributed by atoms with Gasteiger partial charge in [0.25, 0.3) is 0 Å². The molecule has 0 fully saturated rings. The van der Waals surface area contributed by atoms with Gasteiger partial charge in [-0.05, 0) is 12.7 Å². The van der Waals surface area contributed by atoms with Crippen molar-refractivity contribution in [2.24, 2.45) is 4.99 Å². The molecule has 2 N–H and O–H groups in total. The molecular formula is C7H11N2OS. The van der Waals surface area contributed by atoms with Crippen LogP contribution in [0.15, 0.2) is 16.4 Å². The molecule has 0 amide bonds. The van der Waals surface area contributed by atoms with Crippen molar-refractivity contribution in [3.63, 3.8) is 0 Å². The molecule has 0 aromatic carbocycles. The number of nitrogens with one attached hydrogen (secondary N) is 1. The minimum absolute atomic E-state index is 0.111. The molecule has 1 rings (SSSR count). The normalized spacial score (nSPS) is 17.8. The van der Waals surface area contributed by atoms with Crippen molar-refractivity contribution in [3.05, 3.63) is 18.0 Å². The highest BCUT2D eigenvalue weighted by Gasteiger charge is 2.09. The van der Waals surface area contributed by atoms with Gasteiger partial charge in [-0.2, -0.15) is 4.99 Å². The third-order valence-corrected chi connectivity index (χ3v) is 2.02. The molecule has 0 saturated carbocycles. The summed E-state index contributed by atoms with van der Waals surface area (Å²) in [5, 5.41) is 12.9. The van der Waals surface area contributed by atoms with Crippen LogP contribution in [-0.2, 0) is 0 Å². The summed E-state index contributed by atoms with van der Waals surface area (Å²) in [5.41, 5.74) is 0.769. The molecule has 0 saturated heterocycles. The number of nitrogens with zero attached hydrogens (tertiary/aromatic N) is 1. The summed E-state index contributed by atoms with van der Waals surface area (Å²) in [6, 6.07) is 0. The Labute approximate surface area is 70.6 Å². The van der Waals surface area contributed by atoms with Gasteiger partial charge in [-0.3, -0.25) is 0 Å². The molecule has 0 aromatic heterocycles. The third-order valence-electron chi connectivity index (χ3n) is 1.25. The van der Waals surface area contributed by atoms with E-state index in [0.717, 1.165) is 16.5 Å². The number of amidine groups is 1. The molecule has 0 unspecified atom stereocenters. The van der Waals surface area contributed by atoms with Gasteiger partial charge in [0.2, 0.25) is 5.88 Å². The Kier molecular flexibility index (Phi) is 2.82. The molecule has 0 aromatic rings. The number of aliphatic hydroxyl groups excluding tert-OH is 1. The van der Waals surface area contributed by atoms with E-state index in [-0.39, 0.29) is 5.88 Å². The smallest absolute Gasteiger partial charge is 0.214 e. The molecule has 0 spiro atoms. The number of aliphatic imine (C=N–C) groups is 1. The lowest BCUT2D eigenvalue weighted by Crippen LogP contribution is -2.22. The van der Waals surface area contributed by atoms with Crippen molar-refractivity contribution in [3.8, 4) is 0 Å². The Balaban J connectivity index is 2.64. The SMILES string of the molecule is CCSC1=NC(O)=C(C)[CH]N1. The van der Waals surface area contributed by atoms with Crippen molar-refractivity contribution >= 4 is 16.9 Å². The summed E-state index contributed by atoms with van der Waals surface area (Å²) in [5.74, 6) is 1.06. The molecule has 1 aliphatic heterocycles. The van der Waals surface area contributed by atoms with E-state index in [9.17, 15) is 5.11 Å². The summed E-state index contributed by atoms with van der Waals surface area (Å²) < 4.78 is 0. The average Bonchev–Trinajstić information content (AvgIpc) is 1.98. The zero-order chi connectivity index (χ0) is 8.27.